The molecule has 0 fully saturated rings. The predicted molar refractivity (Wildman–Crippen MR) is 112 cm³/mol. The van der Waals surface area contributed by atoms with Crippen molar-refractivity contribution >= 4 is 18.5 Å². The number of aliphatic hydroxyl groups is 1. The van der Waals surface area contributed by atoms with Crippen molar-refractivity contribution in [2.75, 3.05) is 19.8 Å². The van der Waals surface area contributed by atoms with Crippen molar-refractivity contribution in [3.63, 3.8) is 0 Å². The van der Waals surface area contributed by atoms with Gasteiger partial charge in [-0.2, -0.15) is 0 Å². The van der Waals surface area contributed by atoms with E-state index in [2.05, 4.69) is 23.3 Å². The van der Waals surface area contributed by atoms with Crippen LogP contribution < -0.4 is 0 Å². The molecule has 7 heteroatoms. The van der Waals surface area contributed by atoms with Crippen molar-refractivity contribution in [1.82, 2.24) is 0 Å². The van der Waals surface area contributed by atoms with Gasteiger partial charge in [0.1, 0.15) is 6.10 Å². The highest BCUT2D eigenvalue weighted by atomic mass is 32.5. The minimum atomic E-state index is -3.68. The van der Waals surface area contributed by atoms with Gasteiger partial charge in [-0.05, 0) is 18.2 Å². The number of aliphatic hydroxyl groups excluding tert-OH is 1. The molecule has 3 N–H and O–H groups in total. The van der Waals surface area contributed by atoms with Gasteiger partial charge < -0.3 is 24.2 Å². The van der Waals surface area contributed by atoms with E-state index in [1.807, 2.05) is 0 Å². The van der Waals surface area contributed by atoms with Gasteiger partial charge in [0.05, 0.1) is 13.2 Å². The molecule has 0 bridgehead atoms. The number of rotatable bonds is 20. The molecule has 0 aliphatic rings. The molecule has 0 amide bonds. The molecule has 0 aromatic carbocycles. The van der Waals surface area contributed by atoms with Crippen molar-refractivity contribution in [1.29, 1.82) is 0 Å². The zero-order valence-electron chi connectivity index (χ0n) is 16.6. The Morgan fingerprint density at radius 3 is 1.58 bits per heavy atom. The Hall–Kier alpha value is 0.450. The van der Waals surface area contributed by atoms with E-state index in [9.17, 15) is 5.11 Å². The van der Waals surface area contributed by atoms with E-state index in [1.165, 1.54) is 77.0 Å². The Balaban J connectivity index is 3.14. The van der Waals surface area contributed by atoms with E-state index >= 15 is 0 Å². The van der Waals surface area contributed by atoms with Gasteiger partial charge in [-0.25, -0.2) is 0 Å². The lowest BCUT2D eigenvalue weighted by atomic mass is 10.0. The summed E-state index contributed by atoms with van der Waals surface area (Å²) in [5.41, 5.74) is 0. The molecule has 0 heterocycles. The summed E-state index contributed by atoms with van der Waals surface area (Å²) in [4.78, 5) is 17.8. The fourth-order valence-electron chi connectivity index (χ4n) is 2.85. The maximum atomic E-state index is 9.53. The third-order valence-corrected chi connectivity index (χ3v) is 5.19. The molecular weight excluding hydrogens is 371 g/mol. The van der Waals surface area contributed by atoms with Crippen LogP contribution in [0, 0.1) is 0 Å². The van der Waals surface area contributed by atoms with Crippen LogP contribution in [0.15, 0.2) is 0 Å². The SMILES string of the molecule is CCCCCCCCCCCCCCCCOCC(O)COP(O)(O)=S. The van der Waals surface area contributed by atoms with Crippen LogP contribution in [0.3, 0.4) is 0 Å². The molecule has 1 atom stereocenters. The lowest BCUT2D eigenvalue weighted by Crippen LogP contribution is -2.21. The second kappa shape index (κ2) is 18.8. The van der Waals surface area contributed by atoms with Gasteiger partial charge in [0.2, 0.25) is 0 Å². The van der Waals surface area contributed by atoms with Crippen molar-refractivity contribution < 1.29 is 24.2 Å². The minimum absolute atomic E-state index is 0.133. The molecule has 0 aromatic heterocycles. The van der Waals surface area contributed by atoms with Crippen LogP contribution in [-0.2, 0) is 21.1 Å². The summed E-state index contributed by atoms with van der Waals surface area (Å²) in [6.07, 6.45) is 17.6. The van der Waals surface area contributed by atoms with E-state index in [1.54, 1.807) is 0 Å². The van der Waals surface area contributed by atoms with Gasteiger partial charge >= 0.3 is 6.72 Å². The Labute approximate surface area is 165 Å². The summed E-state index contributed by atoms with van der Waals surface area (Å²) in [6, 6.07) is 0. The largest absolute Gasteiger partial charge is 0.388 e. The first kappa shape index (κ1) is 26.4. The van der Waals surface area contributed by atoms with Crippen molar-refractivity contribution in [3.05, 3.63) is 0 Å². The maximum absolute atomic E-state index is 9.53. The van der Waals surface area contributed by atoms with Crippen LogP contribution in [0.4, 0.5) is 0 Å². The van der Waals surface area contributed by atoms with Crippen LogP contribution in [-0.4, -0.2) is 40.8 Å². The molecule has 0 radical (unpaired) electrons. The van der Waals surface area contributed by atoms with Crippen molar-refractivity contribution in [3.8, 4) is 0 Å². The molecule has 1 unspecified atom stereocenters. The molecule has 26 heavy (non-hydrogen) atoms. The topological polar surface area (TPSA) is 79.2 Å². The molecule has 0 aliphatic carbocycles. The van der Waals surface area contributed by atoms with Crippen LogP contribution in [0.25, 0.3) is 0 Å². The first-order valence-electron chi connectivity index (χ1n) is 10.4. The van der Waals surface area contributed by atoms with E-state index in [0.717, 1.165) is 12.8 Å². The van der Waals surface area contributed by atoms with Crippen molar-refractivity contribution in [2.24, 2.45) is 0 Å². The summed E-state index contributed by atoms with van der Waals surface area (Å²) in [5.74, 6) is 0. The summed E-state index contributed by atoms with van der Waals surface area (Å²) in [7, 11) is 0. The summed E-state index contributed by atoms with van der Waals surface area (Å²) in [5, 5.41) is 9.53. The smallest absolute Gasteiger partial charge is 0.321 e. The molecule has 158 valence electrons. The fraction of sp³-hybridized carbons (Fsp3) is 1.00. The molecule has 0 aromatic rings. The number of ether oxygens (including phenoxy) is 1. The van der Waals surface area contributed by atoms with E-state index in [0.29, 0.717) is 6.61 Å². The average Bonchev–Trinajstić information content (AvgIpc) is 2.59. The first-order valence-corrected chi connectivity index (χ1v) is 13.0. The number of unbranched alkanes of at least 4 members (excludes halogenated alkanes) is 13. The summed E-state index contributed by atoms with van der Waals surface area (Å²) < 4.78 is 9.93. The maximum Gasteiger partial charge on any atom is 0.321 e. The van der Waals surface area contributed by atoms with Gasteiger partial charge in [-0.15, -0.1) is 0 Å². The van der Waals surface area contributed by atoms with Crippen LogP contribution in [0.5, 0.6) is 0 Å². The molecule has 0 aliphatic heterocycles. The van der Waals surface area contributed by atoms with Crippen molar-refractivity contribution in [2.45, 2.75) is 103 Å². The zero-order chi connectivity index (χ0) is 19.5. The normalized spacial score (nSPS) is 13.2. The second-order valence-electron chi connectivity index (χ2n) is 7.11. The standard InChI is InChI=1S/C19H41O5PS/c1-2-3-4-5-6-7-8-9-10-11-12-13-14-15-16-23-17-19(20)18-24-25(21,22)26/h19-20H,2-18H2,1H3,(H2,21,22,26). The number of hydrogen-bond acceptors (Lipinski definition) is 4. The summed E-state index contributed by atoms with van der Waals surface area (Å²) >= 11 is 4.30. The fourth-order valence-corrected chi connectivity index (χ4v) is 3.40. The van der Waals surface area contributed by atoms with E-state index in [-0.39, 0.29) is 13.2 Å². The lowest BCUT2D eigenvalue weighted by molar-refractivity contribution is 0.00838. The van der Waals surface area contributed by atoms with E-state index in [4.69, 9.17) is 14.5 Å². The highest BCUT2D eigenvalue weighted by Gasteiger charge is 2.12. The molecular formula is C19H41O5PS. The summed E-state index contributed by atoms with van der Waals surface area (Å²) in [6.45, 7) is -0.876. The van der Waals surface area contributed by atoms with Gasteiger partial charge in [0.25, 0.3) is 0 Å². The Morgan fingerprint density at radius 1 is 0.731 bits per heavy atom. The third-order valence-electron chi connectivity index (χ3n) is 4.39. The minimum Gasteiger partial charge on any atom is -0.388 e. The van der Waals surface area contributed by atoms with Crippen LogP contribution in [0.2, 0.25) is 0 Å². The van der Waals surface area contributed by atoms with Crippen LogP contribution >= 0.6 is 6.72 Å². The Kier molecular flexibility index (Phi) is 19.1. The Morgan fingerprint density at radius 2 is 1.15 bits per heavy atom. The number of hydrogen-bond donors (Lipinski definition) is 3. The average molecular weight is 413 g/mol. The predicted octanol–water partition coefficient (Wildman–Crippen LogP) is 5.07. The molecule has 5 nitrogen and oxygen atoms in total. The van der Waals surface area contributed by atoms with Crippen LogP contribution in [0.1, 0.15) is 96.8 Å². The molecule has 0 saturated heterocycles. The Bertz CT molecular complexity index is 338. The third kappa shape index (κ3) is 22.5. The lowest BCUT2D eigenvalue weighted by Gasteiger charge is -2.13. The monoisotopic (exact) mass is 412 g/mol. The van der Waals surface area contributed by atoms with Gasteiger partial charge in [-0.1, -0.05) is 90.4 Å². The second-order valence-corrected chi connectivity index (χ2v) is 9.78. The molecule has 0 spiro atoms. The molecule has 0 saturated carbocycles. The quantitative estimate of drug-likeness (QED) is 0.191. The zero-order valence-corrected chi connectivity index (χ0v) is 18.3. The van der Waals surface area contributed by atoms with Gasteiger partial charge in [0, 0.05) is 6.61 Å². The van der Waals surface area contributed by atoms with Gasteiger partial charge in [0.15, 0.2) is 0 Å². The first-order chi connectivity index (χ1) is 12.5. The van der Waals surface area contributed by atoms with Gasteiger partial charge in [-0.3, -0.25) is 0 Å². The highest BCUT2D eigenvalue weighted by molar-refractivity contribution is 8.06. The van der Waals surface area contributed by atoms with E-state index < -0.39 is 12.8 Å². The molecule has 0 rings (SSSR count). The highest BCUT2D eigenvalue weighted by Crippen LogP contribution is 2.36.